The molecule has 1 amide bonds. The molecule has 144 valence electrons. The van der Waals surface area contributed by atoms with Gasteiger partial charge >= 0.3 is 0 Å². The molecule has 2 N–H and O–H groups in total. The van der Waals surface area contributed by atoms with E-state index in [1.54, 1.807) is 0 Å². The van der Waals surface area contributed by atoms with E-state index in [1.165, 1.54) is 5.56 Å². The van der Waals surface area contributed by atoms with Gasteiger partial charge in [-0.25, -0.2) is 4.99 Å². The smallest absolute Gasteiger partial charge is 0.244 e. The molecular formula is C20H32N4O2. The van der Waals surface area contributed by atoms with Gasteiger partial charge < -0.3 is 20.3 Å². The fourth-order valence-electron chi connectivity index (χ4n) is 2.86. The molecule has 26 heavy (non-hydrogen) atoms. The van der Waals surface area contributed by atoms with E-state index in [0.29, 0.717) is 12.6 Å². The summed E-state index contributed by atoms with van der Waals surface area (Å²) in [6, 6.07) is 10.2. The highest BCUT2D eigenvalue weighted by atomic mass is 16.5. The first-order chi connectivity index (χ1) is 12.8. The summed E-state index contributed by atoms with van der Waals surface area (Å²) < 4.78 is 5.69. The molecular weight excluding hydrogens is 328 g/mol. The fraction of sp³-hybridized carbons (Fsp3) is 0.600. The Morgan fingerprint density at radius 3 is 2.65 bits per heavy atom. The number of benzene rings is 1. The Balaban J connectivity index is 1.57. The van der Waals surface area contributed by atoms with E-state index in [1.807, 2.05) is 30.0 Å². The predicted molar refractivity (Wildman–Crippen MR) is 105 cm³/mol. The van der Waals surface area contributed by atoms with Crippen LogP contribution in [0.25, 0.3) is 0 Å². The van der Waals surface area contributed by atoms with Gasteiger partial charge in [-0.3, -0.25) is 4.79 Å². The van der Waals surface area contributed by atoms with Crippen LogP contribution >= 0.6 is 0 Å². The van der Waals surface area contributed by atoms with Crippen LogP contribution in [0.5, 0.6) is 0 Å². The first kappa shape index (κ1) is 20.2. The summed E-state index contributed by atoms with van der Waals surface area (Å²) in [5, 5.41) is 6.48. The van der Waals surface area contributed by atoms with Crippen LogP contribution in [0.2, 0.25) is 0 Å². The van der Waals surface area contributed by atoms with Crippen LogP contribution in [0, 0.1) is 0 Å². The quantitative estimate of drug-likeness (QED) is 0.381. The second-order valence-corrected chi connectivity index (χ2v) is 6.46. The number of rotatable bonds is 10. The minimum Gasteiger partial charge on any atom is -0.377 e. The predicted octanol–water partition coefficient (Wildman–Crippen LogP) is 2.16. The number of carbonyl (C=O) groups excluding carboxylic acids is 1. The van der Waals surface area contributed by atoms with Crippen LogP contribution in [0.4, 0.5) is 0 Å². The largest absolute Gasteiger partial charge is 0.377 e. The molecule has 0 unspecified atom stereocenters. The number of ether oxygens (including phenoxy) is 1. The average Bonchev–Trinajstić information content (AvgIpc) is 3.20. The number of nitrogens with zero attached hydrogens (tertiary/aromatic N) is 2. The molecule has 6 heteroatoms. The number of hydrogen-bond donors (Lipinski definition) is 2. The molecule has 1 aliphatic heterocycles. The zero-order chi connectivity index (χ0) is 18.5. The summed E-state index contributed by atoms with van der Waals surface area (Å²) in [6.07, 6.45) is 4.21. The zero-order valence-electron chi connectivity index (χ0n) is 15.9. The number of nitrogens with one attached hydrogen (secondary N) is 2. The summed E-state index contributed by atoms with van der Waals surface area (Å²) in [5.41, 5.74) is 1.20. The van der Waals surface area contributed by atoms with Crippen LogP contribution in [0.3, 0.4) is 0 Å². The standard InChI is InChI=1S/C20H32N4O2/c1-2-21-20(23-16-19(25)24-13-7-8-14-24)22-12-6-9-15-26-17-18-10-4-3-5-11-18/h3-5,10-11H,2,6-9,12-17H2,1H3,(H2,21,22,23). The molecule has 0 saturated carbocycles. The topological polar surface area (TPSA) is 66.0 Å². The molecule has 1 saturated heterocycles. The van der Waals surface area contributed by atoms with Crippen molar-refractivity contribution in [1.29, 1.82) is 0 Å². The van der Waals surface area contributed by atoms with Gasteiger partial charge in [0, 0.05) is 32.8 Å². The molecule has 0 atom stereocenters. The van der Waals surface area contributed by atoms with Gasteiger partial charge in [0.05, 0.1) is 6.61 Å². The normalized spacial score (nSPS) is 14.5. The Labute approximate surface area is 157 Å². The van der Waals surface area contributed by atoms with Gasteiger partial charge in [0.1, 0.15) is 6.54 Å². The lowest BCUT2D eigenvalue weighted by Gasteiger charge is -2.15. The number of unbranched alkanes of at least 4 members (excludes halogenated alkanes) is 1. The van der Waals surface area contributed by atoms with Crippen molar-refractivity contribution in [2.45, 2.75) is 39.2 Å². The number of hydrogen-bond acceptors (Lipinski definition) is 3. The van der Waals surface area contributed by atoms with Crippen LogP contribution in [-0.2, 0) is 16.1 Å². The van der Waals surface area contributed by atoms with Gasteiger partial charge in [-0.05, 0) is 38.2 Å². The molecule has 6 nitrogen and oxygen atoms in total. The first-order valence-corrected chi connectivity index (χ1v) is 9.71. The third-order valence-electron chi connectivity index (χ3n) is 4.29. The van der Waals surface area contributed by atoms with Crippen LogP contribution < -0.4 is 10.6 Å². The summed E-state index contributed by atoms with van der Waals surface area (Å²) in [5.74, 6) is 0.833. The van der Waals surface area contributed by atoms with Gasteiger partial charge in [0.25, 0.3) is 0 Å². The third-order valence-corrected chi connectivity index (χ3v) is 4.29. The number of amides is 1. The van der Waals surface area contributed by atoms with Crippen molar-refractivity contribution in [1.82, 2.24) is 15.5 Å². The van der Waals surface area contributed by atoms with Gasteiger partial charge in [-0.2, -0.15) is 0 Å². The molecule has 0 radical (unpaired) electrons. The maximum absolute atomic E-state index is 12.1. The molecule has 1 aromatic rings. The Morgan fingerprint density at radius 1 is 1.15 bits per heavy atom. The van der Waals surface area contributed by atoms with E-state index in [9.17, 15) is 4.79 Å². The van der Waals surface area contributed by atoms with Crippen molar-refractivity contribution >= 4 is 11.9 Å². The second-order valence-electron chi connectivity index (χ2n) is 6.46. The molecule has 1 aromatic carbocycles. The van der Waals surface area contributed by atoms with E-state index >= 15 is 0 Å². The lowest BCUT2D eigenvalue weighted by molar-refractivity contribution is -0.128. The third kappa shape index (κ3) is 7.87. The molecule has 1 heterocycles. The van der Waals surface area contributed by atoms with Crippen molar-refractivity contribution in [3.63, 3.8) is 0 Å². The van der Waals surface area contributed by atoms with Gasteiger partial charge in [-0.1, -0.05) is 30.3 Å². The van der Waals surface area contributed by atoms with Crippen molar-refractivity contribution in [3.05, 3.63) is 35.9 Å². The minimum atomic E-state index is 0.119. The number of guanidine groups is 1. The van der Waals surface area contributed by atoms with E-state index in [2.05, 4.69) is 27.8 Å². The van der Waals surface area contributed by atoms with Crippen molar-refractivity contribution in [2.24, 2.45) is 4.99 Å². The van der Waals surface area contributed by atoms with Gasteiger partial charge in [0.15, 0.2) is 5.96 Å². The number of aliphatic imine (C=N–C) groups is 1. The molecule has 0 aliphatic carbocycles. The van der Waals surface area contributed by atoms with E-state index in [0.717, 1.165) is 58.5 Å². The summed E-state index contributed by atoms with van der Waals surface area (Å²) >= 11 is 0. The highest BCUT2D eigenvalue weighted by Crippen LogP contribution is 2.07. The Bertz CT molecular complexity index is 542. The van der Waals surface area contributed by atoms with E-state index < -0.39 is 0 Å². The highest BCUT2D eigenvalue weighted by Gasteiger charge is 2.17. The molecule has 1 aliphatic rings. The first-order valence-electron chi connectivity index (χ1n) is 9.71. The van der Waals surface area contributed by atoms with Crippen LogP contribution in [0.1, 0.15) is 38.2 Å². The Kier molecular flexibility index (Phi) is 9.57. The highest BCUT2D eigenvalue weighted by molar-refractivity contribution is 5.85. The minimum absolute atomic E-state index is 0.119. The van der Waals surface area contributed by atoms with Gasteiger partial charge in [0.2, 0.25) is 5.91 Å². The maximum atomic E-state index is 12.1. The molecule has 0 bridgehead atoms. The van der Waals surface area contributed by atoms with Crippen molar-refractivity contribution < 1.29 is 9.53 Å². The summed E-state index contributed by atoms with van der Waals surface area (Å²) in [7, 11) is 0. The lowest BCUT2D eigenvalue weighted by atomic mass is 10.2. The molecule has 0 aromatic heterocycles. The molecule has 1 fully saturated rings. The average molecular weight is 361 g/mol. The molecule has 0 spiro atoms. The monoisotopic (exact) mass is 360 g/mol. The Hall–Kier alpha value is -2.08. The summed E-state index contributed by atoms with van der Waals surface area (Å²) in [4.78, 5) is 18.4. The van der Waals surface area contributed by atoms with Crippen molar-refractivity contribution in [3.8, 4) is 0 Å². The maximum Gasteiger partial charge on any atom is 0.244 e. The van der Waals surface area contributed by atoms with E-state index in [4.69, 9.17) is 4.74 Å². The number of likely N-dealkylation sites (tertiary alicyclic amines) is 1. The zero-order valence-corrected chi connectivity index (χ0v) is 15.9. The second kappa shape index (κ2) is 12.3. The Morgan fingerprint density at radius 2 is 1.92 bits per heavy atom. The summed E-state index contributed by atoms with van der Waals surface area (Å²) in [6.45, 7) is 7.01. The van der Waals surface area contributed by atoms with Crippen LogP contribution in [-0.4, -0.2) is 56.1 Å². The van der Waals surface area contributed by atoms with Crippen LogP contribution in [0.15, 0.2) is 35.3 Å². The SMILES string of the molecule is CCNC(=NCC(=O)N1CCCC1)NCCCCOCc1ccccc1. The lowest BCUT2D eigenvalue weighted by Crippen LogP contribution is -2.39. The molecule has 2 rings (SSSR count). The number of carbonyl (C=O) groups is 1. The van der Waals surface area contributed by atoms with E-state index in [-0.39, 0.29) is 12.5 Å². The fourth-order valence-corrected chi connectivity index (χ4v) is 2.86. The van der Waals surface area contributed by atoms with Gasteiger partial charge in [-0.15, -0.1) is 0 Å². The van der Waals surface area contributed by atoms with Crippen molar-refractivity contribution in [2.75, 3.05) is 39.3 Å².